The van der Waals surface area contributed by atoms with E-state index in [4.69, 9.17) is 11.6 Å². The Morgan fingerprint density at radius 1 is 1.13 bits per heavy atom. The molecule has 0 atom stereocenters. The standard InChI is InChI=1S/C30H33ClF2N6/c1-6-21-15-27-23(14-22(21)8-7-11-31)29(35-18-34-27)36-26-10-9-20(12-24(26)32)13-28-25(33)17-39(38-28)16-19(2)37-30(3,4)5/h7-10,12,14-15,17-18,37H,2,6,11,13,16H2,1,3-5H3,(H,34,35,36)/b8-7+. The summed E-state index contributed by atoms with van der Waals surface area (Å²) in [4.78, 5) is 8.75. The van der Waals surface area contributed by atoms with Crippen LogP contribution in [0.3, 0.4) is 0 Å². The summed E-state index contributed by atoms with van der Waals surface area (Å²) < 4.78 is 31.3. The summed E-state index contributed by atoms with van der Waals surface area (Å²) in [7, 11) is 0. The van der Waals surface area contributed by atoms with Gasteiger partial charge >= 0.3 is 0 Å². The van der Waals surface area contributed by atoms with Gasteiger partial charge in [0.05, 0.1) is 23.9 Å². The maximum Gasteiger partial charge on any atom is 0.164 e. The molecule has 2 heterocycles. The first-order valence-corrected chi connectivity index (χ1v) is 13.3. The first kappa shape index (κ1) is 28.2. The van der Waals surface area contributed by atoms with E-state index in [1.54, 1.807) is 12.1 Å². The number of allylic oxidation sites excluding steroid dienone is 2. The van der Waals surface area contributed by atoms with E-state index in [1.165, 1.54) is 23.3 Å². The third kappa shape index (κ3) is 7.20. The third-order valence-electron chi connectivity index (χ3n) is 6.01. The quantitative estimate of drug-likeness (QED) is 0.205. The normalized spacial score (nSPS) is 11.9. The second-order valence-corrected chi connectivity index (χ2v) is 10.7. The summed E-state index contributed by atoms with van der Waals surface area (Å²) in [5.41, 5.74) is 4.57. The highest BCUT2D eigenvalue weighted by Crippen LogP contribution is 2.29. The summed E-state index contributed by atoms with van der Waals surface area (Å²) in [6, 6.07) is 8.75. The molecule has 0 aliphatic rings. The van der Waals surface area contributed by atoms with Crippen LogP contribution in [0.2, 0.25) is 0 Å². The first-order valence-electron chi connectivity index (χ1n) is 12.8. The van der Waals surface area contributed by atoms with Crippen molar-refractivity contribution in [2.24, 2.45) is 0 Å². The minimum absolute atomic E-state index is 0.154. The molecular formula is C30H33ClF2N6. The lowest BCUT2D eigenvalue weighted by Crippen LogP contribution is -2.36. The van der Waals surface area contributed by atoms with E-state index in [9.17, 15) is 4.39 Å². The lowest BCUT2D eigenvalue weighted by Gasteiger charge is -2.23. The molecule has 39 heavy (non-hydrogen) atoms. The average Bonchev–Trinajstić information content (AvgIpc) is 3.20. The summed E-state index contributed by atoms with van der Waals surface area (Å²) in [5, 5.41) is 11.5. The second kappa shape index (κ2) is 11.9. The molecule has 0 spiro atoms. The van der Waals surface area contributed by atoms with Crippen LogP contribution in [0, 0.1) is 11.6 Å². The lowest BCUT2D eigenvalue weighted by atomic mass is 10.0. The van der Waals surface area contributed by atoms with Gasteiger partial charge in [0.1, 0.15) is 23.7 Å². The SMILES string of the molecule is C=C(Cn1cc(F)c(Cc2ccc(Nc3ncnc4cc(CC)c(/C=C/CCl)cc34)c(F)c2)n1)NC(C)(C)C. The van der Waals surface area contributed by atoms with Crippen molar-refractivity contribution >= 4 is 40.1 Å². The van der Waals surface area contributed by atoms with Gasteiger partial charge in [-0.05, 0) is 68.1 Å². The molecule has 0 saturated carbocycles. The maximum atomic E-state index is 15.2. The zero-order chi connectivity index (χ0) is 28.2. The van der Waals surface area contributed by atoms with Crippen LogP contribution in [0.4, 0.5) is 20.3 Å². The van der Waals surface area contributed by atoms with E-state index in [-0.39, 0.29) is 23.3 Å². The number of fused-ring (bicyclic) bond motifs is 1. The Kier molecular flexibility index (Phi) is 8.65. The van der Waals surface area contributed by atoms with Crippen molar-refractivity contribution in [1.29, 1.82) is 0 Å². The first-order chi connectivity index (χ1) is 18.6. The summed E-state index contributed by atoms with van der Waals surface area (Å²) >= 11 is 5.84. The van der Waals surface area contributed by atoms with Gasteiger partial charge in [-0.3, -0.25) is 4.68 Å². The molecule has 0 radical (unpaired) electrons. The number of aryl methyl sites for hydroxylation is 1. The Balaban J connectivity index is 1.53. The summed E-state index contributed by atoms with van der Waals surface area (Å²) in [6.07, 6.45) is 7.62. The van der Waals surface area contributed by atoms with Gasteiger partial charge in [-0.15, -0.1) is 11.6 Å². The van der Waals surface area contributed by atoms with E-state index in [1.807, 2.05) is 45.1 Å². The van der Waals surface area contributed by atoms with Gasteiger partial charge in [0.15, 0.2) is 5.82 Å². The van der Waals surface area contributed by atoms with E-state index in [0.29, 0.717) is 23.8 Å². The van der Waals surface area contributed by atoms with E-state index in [0.717, 1.165) is 34.1 Å². The van der Waals surface area contributed by atoms with Crippen LogP contribution in [0.15, 0.2) is 61.2 Å². The van der Waals surface area contributed by atoms with Crippen LogP contribution in [0.25, 0.3) is 17.0 Å². The van der Waals surface area contributed by atoms with E-state index < -0.39 is 11.6 Å². The van der Waals surface area contributed by atoms with Crippen molar-refractivity contribution < 1.29 is 8.78 Å². The molecule has 0 aliphatic carbocycles. The van der Waals surface area contributed by atoms with Gasteiger partial charge in [-0.25, -0.2) is 18.7 Å². The zero-order valence-corrected chi connectivity index (χ0v) is 23.4. The number of hydrogen-bond donors (Lipinski definition) is 2. The van der Waals surface area contributed by atoms with Crippen molar-refractivity contribution in [2.45, 2.75) is 52.6 Å². The van der Waals surface area contributed by atoms with Crippen LogP contribution in [-0.2, 0) is 19.4 Å². The topological polar surface area (TPSA) is 67.7 Å². The van der Waals surface area contributed by atoms with Crippen molar-refractivity contribution in [1.82, 2.24) is 25.1 Å². The lowest BCUT2D eigenvalue weighted by molar-refractivity contribution is 0.452. The van der Waals surface area contributed by atoms with Gasteiger partial charge in [0, 0.05) is 28.9 Å². The van der Waals surface area contributed by atoms with Gasteiger partial charge in [0.25, 0.3) is 0 Å². The van der Waals surface area contributed by atoms with Crippen LogP contribution >= 0.6 is 11.6 Å². The molecule has 204 valence electrons. The largest absolute Gasteiger partial charge is 0.383 e. The van der Waals surface area contributed by atoms with Crippen LogP contribution < -0.4 is 10.6 Å². The smallest absolute Gasteiger partial charge is 0.164 e. The predicted octanol–water partition coefficient (Wildman–Crippen LogP) is 7.16. The molecule has 9 heteroatoms. The average molecular weight is 551 g/mol. The molecule has 0 fully saturated rings. The Bertz CT molecular complexity index is 1520. The number of nitrogens with one attached hydrogen (secondary N) is 2. The number of benzene rings is 2. The fourth-order valence-electron chi connectivity index (χ4n) is 4.39. The number of nitrogens with zero attached hydrogens (tertiary/aromatic N) is 4. The molecular weight excluding hydrogens is 518 g/mol. The Morgan fingerprint density at radius 3 is 2.62 bits per heavy atom. The van der Waals surface area contributed by atoms with Gasteiger partial charge in [-0.1, -0.05) is 31.7 Å². The highest BCUT2D eigenvalue weighted by atomic mass is 35.5. The molecule has 0 unspecified atom stereocenters. The number of halogens is 3. The van der Waals surface area contributed by atoms with Gasteiger partial charge < -0.3 is 10.6 Å². The number of rotatable bonds is 10. The highest BCUT2D eigenvalue weighted by Gasteiger charge is 2.15. The maximum absolute atomic E-state index is 15.2. The van der Waals surface area contributed by atoms with E-state index in [2.05, 4.69) is 39.2 Å². The fraction of sp³-hybridized carbons (Fsp3) is 0.300. The number of anilines is 2. The molecule has 4 aromatic rings. The monoisotopic (exact) mass is 550 g/mol. The Labute approximate surface area is 232 Å². The second-order valence-electron chi connectivity index (χ2n) is 10.4. The van der Waals surface area contributed by atoms with Crippen LogP contribution in [-0.4, -0.2) is 31.2 Å². The van der Waals surface area contributed by atoms with Crippen molar-refractivity contribution in [3.63, 3.8) is 0 Å². The van der Waals surface area contributed by atoms with E-state index >= 15 is 4.39 Å². The highest BCUT2D eigenvalue weighted by molar-refractivity contribution is 6.19. The van der Waals surface area contributed by atoms with Gasteiger partial charge in [0.2, 0.25) is 0 Å². The van der Waals surface area contributed by atoms with Crippen molar-refractivity contribution in [2.75, 3.05) is 11.2 Å². The Hall–Kier alpha value is -3.78. The molecule has 0 bridgehead atoms. The van der Waals surface area contributed by atoms with Gasteiger partial charge in [-0.2, -0.15) is 5.10 Å². The molecule has 2 aromatic heterocycles. The molecule has 0 amide bonds. The molecule has 0 saturated heterocycles. The predicted molar refractivity (Wildman–Crippen MR) is 155 cm³/mol. The van der Waals surface area contributed by atoms with Crippen molar-refractivity contribution in [3.05, 3.63) is 95.2 Å². The number of hydrogen-bond acceptors (Lipinski definition) is 5. The van der Waals surface area contributed by atoms with Crippen LogP contribution in [0.5, 0.6) is 0 Å². The summed E-state index contributed by atoms with van der Waals surface area (Å²) in [6.45, 7) is 12.5. The van der Waals surface area contributed by atoms with Crippen LogP contribution in [0.1, 0.15) is 50.1 Å². The molecule has 0 aliphatic heterocycles. The fourth-order valence-corrected chi connectivity index (χ4v) is 4.48. The number of alkyl halides is 1. The third-order valence-corrected chi connectivity index (χ3v) is 6.19. The molecule has 6 nitrogen and oxygen atoms in total. The summed E-state index contributed by atoms with van der Waals surface area (Å²) in [5.74, 6) is -0.0275. The molecule has 2 N–H and O–H groups in total. The Morgan fingerprint density at radius 2 is 1.92 bits per heavy atom. The molecule has 2 aromatic carbocycles. The van der Waals surface area contributed by atoms with Crippen molar-refractivity contribution in [3.8, 4) is 0 Å². The zero-order valence-electron chi connectivity index (χ0n) is 22.7. The number of aromatic nitrogens is 4. The minimum atomic E-state index is -0.478. The minimum Gasteiger partial charge on any atom is -0.383 e. The molecule has 4 rings (SSSR count).